The van der Waals surface area contributed by atoms with E-state index in [1.165, 1.54) is 11.7 Å². The number of amides is 1. The molecular formula is C22H25ClF2N8O3. The molecule has 1 amide bonds. The molecule has 1 N–H and O–H groups in total. The molecule has 14 heteroatoms. The van der Waals surface area contributed by atoms with Crippen LogP contribution in [-0.4, -0.2) is 87.3 Å². The number of morpholine rings is 1. The molecule has 0 spiro atoms. The van der Waals surface area contributed by atoms with Crippen LogP contribution in [0.5, 0.6) is 5.75 Å². The molecule has 0 bridgehead atoms. The summed E-state index contributed by atoms with van der Waals surface area (Å²) < 4.78 is 40.3. The van der Waals surface area contributed by atoms with Gasteiger partial charge in [-0.1, -0.05) is 6.07 Å². The number of benzene rings is 1. The van der Waals surface area contributed by atoms with Crippen LogP contribution in [0.1, 0.15) is 25.1 Å². The first-order valence-corrected chi connectivity index (χ1v) is 12.1. The van der Waals surface area contributed by atoms with Crippen molar-refractivity contribution in [2.75, 3.05) is 56.1 Å². The highest BCUT2D eigenvalue weighted by molar-refractivity contribution is 6.27. The molecule has 0 saturated carbocycles. The molecule has 36 heavy (non-hydrogen) atoms. The minimum absolute atomic E-state index is 0.0201. The average Bonchev–Trinajstić information content (AvgIpc) is 3.53. The molecule has 2 aromatic heterocycles. The second kappa shape index (κ2) is 10.3. The molecule has 192 valence electrons. The predicted octanol–water partition coefficient (Wildman–Crippen LogP) is 2.59. The van der Waals surface area contributed by atoms with E-state index in [0.717, 1.165) is 6.42 Å². The van der Waals surface area contributed by atoms with E-state index in [9.17, 15) is 13.6 Å². The number of carbonyl (C=O) groups is 1. The van der Waals surface area contributed by atoms with Crippen LogP contribution in [0.25, 0.3) is 17.0 Å². The van der Waals surface area contributed by atoms with Gasteiger partial charge in [0.05, 0.1) is 25.8 Å². The molecule has 5 rings (SSSR count). The Balaban J connectivity index is 1.63. The van der Waals surface area contributed by atoms with E-state index in [1.54, 1.807) is 23.1 Å². The fourth-order valence-corrected chi connectivity index (χ4v) is 4.63. The monoisotopic (exact) mass is 522 g/mol. The summed E-state index contributed by atoms with van der Waals surface area (Å²) in [5.41, 5.74) is 0.641. The van der Waals surface area contributed by atoms with Gasteiger partial charge in [0.25, 0.3) is 6.43 Å². The molecule has 0 aliphatic carbocycles. The zero-order valence-electron chi connectivity index (χ0n) is 19.5. The number of methoxy groups -OCH3 is 1. The van der Waals surface area contributed by atoms with Crippen molar-refractivity contribution in [1.82, 2.24) is 29.4 Å². The SMILES string of the molecule is COc1cccc2c1nc(C(F)F)n2-c1nc(N[C@@H]2CCCN2C(=O)CCl)nc(N2CCOCC2)n1. The number of hydrogen-bond acceptors (Lipinski definition) is 9. The van der Waals surface area contributed by atoms with E-state index in [4.69, 9.17) is 21.1 Å². The number of halogens is 3. The van der Waals surface area contributed by atoms with Gasteiger partial charge in [0.15, 0.2) is 5.82 Å². The molecule has 0 radical (unpaired) electrons. The van der Waals surface area contributed by atoms with Gasteiger partial charge in [0, 0.05) is 19.6 Å². The number of ether oxygens (including phenoxy) is 2. The predicted molar refractivity (Wildman–Crippen MR) is 128 cm³/mol. The average molecular weight is 523 g/mol. The minimum atomic E-state index is -2.89. The van der Waals surface area contributed by atoms with Crippen molar-refractivity contribution in [3.63, 3.8) is 0 Å². The Morgan fingerprint density at radius 2 is 1.97 bits per heavy atom. The summed E-state index contributed by atoms with van der Waals surface area (Å²) >= 11 is 5.78. The van der Waals surface area contributed by atoms with E-state index in [-0.39, 0.29) is 35.4 Å². The lowest BCUT2D eigenvalue weighted by atomic mass is 10.3. The zero-order valence-corrected chi connectivity index (χ0v) is 20.3. The lowest BCUT2D eigenvalue weighted by Crippen LogP contribution is -2.41. The summed E-state index contributed by atoms with van der Waals surface area (Å²) in [7, 11) is 1.45. The molecule has 2 fully saturated rings. The van der Waals surface area contributed by atoms with E-state index in [1.807, 2.05) is 4.90 Å². The van der Waals surface area contributed by atoms with Crippen LogP contribution >= 0.6 is 11.6 Å². The van der Waals surface area contributed by atoms with Crippen molar-refractivity contribution in [2.45, 2.75) is 25.4 Å². The van der Waals surface area contributed by atoms with Gasteiger partial charge in [0.2, 0.25) is 23.8 Å². The molecule has 1 aromatic carbocycles. The van der Waals surface area contributed by atoms with E-state index in [0.29, 0.717) is 56.5 Å². The number of alkyl halides is 3. The molecule has 3 aromatic rings. The third-order valence-electron chi connectivity index (χ3n) is 6.18. The maximum Gasteiger partial charge on any atom is 0.296 e. The van der Waals surface area contributed by atoms with Gasteiger partial charge in [-0.15, -0.1) is 11.6 Å². The first-order valence-electron chi connectivity index (χ1n) is 11.5. The number of carbonyl (C=O) groups excluding carboxylic acids is 1. The summed E-state index contributed by atoms with van der Waals surface area (Å²) in [6.45, 7) is 2.58. The molecule has 11 nitrogen and oxygen atoms in total. The lowest BCUT2D eigenvalue weighted by Gasteiger charge is -2.28. The standard InChI is InChI=1S/C22H25ClF2N8O3/c1-35-14-5-2-4-13-17(14)27-19(18(24)25)33(13)22-29-20(26-15-6-3-7-32(15)16(34)12-23)28-21(30-22)31-8-10-36-11-9-31/h2,4-5,15,18H,3,6-12H2,1H3,(H,26,28,29,30)/t15-/m0/s1. The minimum Gasteiger partial charge on any atom is -0.494 e. The number of hydrogen-bond donors (Lipinski definition) is 1. The molecular weight excluding hydrogens is 498 g/mol. The third-order valence-corrected chi connectivity index (χ3v) is 6.41. The highest BCUT2D eigenvalue weighted by atomic mass is 35.5. The van der Waals surface area contributed by atoms with Crippen molar-refractivity contribution < 1.29 is 23.0 Å². The van der Waals surface area contributed by atoms with Gasteiger partial charge >= 0.3 is 0 Å². The maximum absolute atomic E-state index is 14.2. The molecule has 0 unspecified atom stereocenters. The van der Waals surface area contributed by atoms with Crippen LogP contribution in [0.3, 0.4) is 0 Å². The van der Waals surface area contributed by atoms with Crippen LogP contribution in [0, 0.1) is 0 Å². The summed E-state index contributed by atoms with van der Waals surface area (Å²) in [4.78, 5) is 33.6. The Morgan fingerprint density at radius 3 is 2.69 bits per heavy atom. The highest BCUT2D eigenvalue weighted by Crippen LogP contribution is 2.32. The molecule has 4 heterocycles. The Bertz CT molecular complexity index is 1250. The number of imidazole rings is 1. The first-order chi connectivity index (χ1) is 17.5. The number of anilines is 2. The first kappa shape index (κ1) is 24.4. The summed E-state index contributed by atoms with van der Waals surface area (Å²) in [6, 6.07) is 4.99. The largest absolute Gasteiger partial charge is 0.494 e. The third kappa shape index (κ3) is 4.60. The van der Waals surface area contributed by atoms with Crippen molar-refractivity contribution in [1.29, 1.82) is 0 Å². The van der Waals surface area contributed by atoms with E-state index >= 15 is 0 Å². The van der Waals surface area contributed by atoms with Gasteiger partial charge in [-0.05, 0) is 25.0 Å². The number of nitrogens with one attached hydrogen (secondary N) is 1. The van der Waals surface area contributed by atoms with Gasteiger partial charge < -0.3 is 24.6 Å². The smallest absolute Gasteiger partial charge is 0.296 e. The van der Waals surface area contributed by atoms with Crippen LogP contribution in [0.15, 0.2) is 18.2 Å². The van der Waals surface area contributed by atoms with Crippen LogP contribution in [-0.2, 0) is 9.53 Å². The highest BCUT2D eigenvalue weighted by Gasteiger charge is 2.30. The fourth-order valence-electron chi connectivity index (χ4n) is 4.48. The van der Waals surface area contributed by atoms with Crippen molar-refractivity contribution in [3.8, 4) is 11.7 Å². The zero-order chi connectivity index (χ0) is 25.2. The second-order valence-electron chi connectivity index (χ2n) is 8.32. The van der Waals surface area contributed by atoms with Crippen LogP contribution < -0.4 is 15.0 Å². The quantitative estimate of drug-likeness (QED) is 0.468. The van der Waals surface area contributed by atoms with Crippen molar-refractivity contribution >= 4 is 40.4 Å². The normalized spacial score (nSPS) is 18.3. The molecule has 1 atom stereocenters. The van der Waals surface area contributed by atoms with Crippen molar-refractivity contribution in [2.24, 2.45) is 0 Å². The number of rotatable bonds is 7. The lowest BCUT2D eigenvalue weighted by molar-refractivity contribution is -0.128. The van der Waals surface area contributed by atoms with Crippen LogP contribution in [0.2, 0.25) is 0 Å². The van der Waals surface area contributed by atoms with E-state index < -0.39 is 12.2 Å². The fraction of sp³-hybridized carbons (Fsp3) is 0.500. The topological polar surface area (TPSA) is 111 Å². The maximum atomic E-state index is 14.2. The Kier molecular flexibility index (Phi) is 7.01. The van der Waals surface area contributed by atoms with Gasteiger partial charge in [-0.25, -0.2) is 13.8 Å². The number of para-hydroxylation sites is 1. The number of fused-ring (bicyclic) bond motifs is 1. The molecule has 2 saturated heterocycles. The van der Waals surface area contributed by atoms with Crippen molar-refractivity contribution in [3.05, 3.63) is 24.0 Å². The summed E-state index contributed by atoms with van der Waals surface area (Å²) in [5, 5.41) is 3.19. The summed E-state index contributed by atoms with van der Waals surface area (Å²) in [5.74, 6) is -0.0557. The Labute approximate surface area is 210 Å². The number of likely N-dealkylation sites (tertiary alicyclic amines) is 1. The van der Waals surface area contributed by atoms with Gasteiger partial charge in [-0.2, -0.15) is 15.0 Å². The van der Waals surface area contributed by atoms with E-state index in [2.05, 4.69) is 25.3 Å². The number of nitrogens with zero attached hydrogens (tertiary/aromatic N) is 7. The molecule has 2 aliphatic rings. The van der Waals surface area contributed by atoms with Crippen LogP contribution in [0.4, 0.5) is 20.7 Å². The van der Waals surface area contributed by atoms with Gasteiger partial charge in [0.1, 0.15) is 23.3 Å². The Hall–Kier alpha value is -3.32. The number of aromatic nitrogens is 5. The second-order valence-corrected chi connectivity index (χ2v) is 8.58. The summed E-state index contributed by atoms with van der Waals surface area (Å²) in [6.07, 6.45) is -1.81. The Morgan fingerprint density at radius 1 is 1.19 bits per heavy atom. The molecule has 2 aliphatic heterocycles. The van der Waals surface area contributed by atoms with Gasteiger partial charge in [-0.3, -0.25) is 9.36 Å².